The number of hydrogen-bond acceptors (Lipinski definition) is 3. The van der Waals surface area contributed by atoms with E-state index in [1.54, 1.807) is 0 Å². The van der Waals surface area contributed by atoms with Crippen molar-refractivity contribution in [2.75, 3.05) is 0 Å². The number of aromatic nitrogens is 1. The molecule has 0 saturated carbocycles. The number of amides is 2. The Kier molecular flexibility index (Phi) is 3.54. The minimum absolute atomic E-state index is 0.239. The zero-order chi connectivity index (χ0) is 16.5. The van der Waals surface area contributed by atoms with Crippen LogP contribution in [0.1, 0.15) is 11.1 Å². The number of rotatable bonds is 4. The third kappa shape index (κ3) is 2.54. The first-order valence-corrected chi connectivity index (χ1v) is 7.83. The van der Waals surface area contributed by atoms with E-state index in [1.165, 1.54) is 4.90 Å². The van der Waals surface area contributed by atoms with Crippen LogP contribution < -0.4 is 0 Å². The molecule has 1 N–H and O–H groups in total. The number of fused-ring (bicyclic) bond motifs is 1. The van der Waals surface area contributed by atoms with Crippen molar-refractivity contribution < 1.29 is 14.3 Å². The molecule has 0 spiro atoms. The number of para-hydroxylation sites is 1. The van der Waals surface area contributed by atoms with Gasteiger partial charge in [-0.3, -0.25) is 4.79 Å². The molecule has 3 aromatic rings. The minimum Gasteiger partial charge on any atom is -0.435 e. The molecule has 2 amide bonds. The Balaban J connectivity index is 1.53. The molecule has 2 aromatic carbocycles. The number of carbonyl (C=O) groups is 2. The molecule has 1 fully saturated rings. The van der Waals surface area contributed by atoms with Gasteiger partial charge >= 0.3 is 6.09 Å². The van der Waals surface area contributed by atoms with E-state index < -0.39 is 12.2 Å². The van der Waals surface area contributed by atoms with E-state index in [0.29, 0.717) is 6.42 Å². The van der Waals surface area contributed by atoms with Gasteiger partial charge in [-0.15, -0.1) is 0 Å². The molecular formula is C19H16N2O3. The molecule has 4 rings (SSSR count). The van der Waals surface area contributed by atoms with Gasteiger partial charge in [-0.05, 0) is 17.2 Å². The van der Waals surface area contributed by atoms with Gasteiger partial charge in [0.25, 0.3) is 5.91 Å². The van der Waals surface area contributed by atoms with Gasteiger partial charge < -0.3 is 9.72 Å². The molecule has 5 heteroatoms. The number of carbonyl (C=O) groups excluding carboxylic acids is 2. The first kappa shape index (κ1) is 14.5. The Labute approximate surface area is 138 Å². The molecule has 0 aliphatic carbocycles. The highest BCUT2D eigenvalue weighted by Crippen LogP contribution is 2.24. The number of hydrogen-bond donors (Lipinski definition) is 1. The summed E-state index contributed by atoms with van der Waals surface area (Å²) in [6.07, 6.45) is 0.903. The normalized spacial score (nSPS) is 17.5. The Morgan fingerprint density at radius 2 is 1.75 bits per heavy atom. The summed E-state index contributed by atoms with van der Waals surface area (Å²) >= 11 is 0. The zero-order valence-corrected chi connectivity index (χ0v) is 12.9. The molecule has 24 heavy (non-hydrogen) atoms. The predicted octanol–water partition coefficient (Wildman–Crippen LogP) is 3.26. The van der Waals surface area contributed by atoms with E-state index in [0.717, 1.165) is 22.0 Å². The summed E-state index contributed by atoms with van der Waals surface area (Å²) in [5.41, 5.74) is 2.87. The fraction of sp³-hybridized carbons (Fsp3) is 0.158. The quantitative estimate of drug-likeness (QED) is 0.802. The second-order valence-electron chi connectivity index (χ2n) is 5.85. The Morgan fingerprint density at radius 1 is 1.00 bits per heavy atom. The number of imide groups is 1. The van der Waals surface area contributed by atoms with Gasteiger partial charge in [0, 0.05) is 23.5 Å². The van der Waals surface area contributed by atoms with Crippen molar-refractivity contribution in [3.05, 3.63) is 71.9 Å². The van der Waals surface area contributed by atoms with Crippen molar-refractivity contribution in [1.29, 1.82) is 0 Å². The topological polar surface area (TPSA) is 62.4 Å². The number of ether oxygens (including phenoxy) is 1. The summed E-state index contributed by atoms with van der Waals surface area (Å²) in [6, 6.07) is 17.3. The zero-order valence-electron chi connectivity index (χ0n) is 12.9. The van der Waals surface area contributed by atoms with Gasteiger partial charge in [0.15, 0.2) is 6.10 Å². The van der Waals surface area contributed by atoms with Gasteiger partial charge in [0.1, 0.15) is 0 Å². The lowest BCUT2D eigenvalue weighted by atomic mass is 10.1. The lowest BCUT2D eigenvalue weighted by molar-refractivity contribution is -0.130. The number of aromatic amines is 1. The van der Waals surface area contributed by atoms with Crippen LogP contribution in [0.4, 0.5) is 4.79 Å². The number of nitrogens with one attached hydrogen (secondary N) is 1. The number of cyclic esters (lactones) is 1. The second-order valence-corrected chi connectivity index (χ2v) is 5.85. The summed E-state index contributed by atoms with van der Waals surface area (Å²) in [5, 5.41) is 1.04. The smallest absolute Gasteiger partial charge is 0.417 e. The lowest BCUT2D eigenvalue weighted by Gasteiger charge is -2.11. The molecule has 1 aromatic heterocycles. The van der Waals surface area contributed by atoms with E-state index in [9.17, 15) is 9.59 Å². The van der Waals surface area contributed by atoms with Gasteiger partial charge in [-0.1, -0.05) is 48.5 Å². The van der Waals surface area contributed by atoms with Crippen molar-refractivity contribution in [1.82, 2.24) is 9.88 Å². The van der Waals surface area contributed by atoms with Crippen molar-refractivity contribution in [3.8, 4) is 0 Å². The molecule has 0 radical (unpaired) electrons. The van der Waals surface area contributed by atoms with Crippen LogP contribution in [0.5, 0.6) is 0 Å². The molecule has 0 bridgehead atoms. The number of H-pyrrole nitrogens is 1. The van der Waals surface area contributed by atoms with Gasteiger partial charge in [-0.2, -0.15) is 0 Å². The summed E-state index contributed by atoms with van der Waals surface area (Å²) in [5.74, 6) is -0.283. The van der Waals surface area contributed by atoms with E-state index in [1.807, 2.05) is 60.8 Å². The Morgan fingerprint density at radius 3 is 2.58 bits per heavy atom. The largest absolute Gasteiger partial charge is 0.435 e. The molecule has 120 valence electrons. The highest BCUT2D eigenvalue weighted by atomic mass is 16.6. The van der Waals surface area contributed by atoms with E-state index >= 15 is 0 Å². The first-order valence-electron chi connectivity index (χ1n) is 7.83. The van der Waals surface area contributed by atoms with Crippen LogP contribution in [0.3, 0.4) is 0 Å². The average Bonchev–Trinajstić information content (AvgIpc) is 3.13. The summed E-state index contributed by atoms with van der Waals surface area (Å²) in [4.78, 5) is 29.0. The lowest BCUT2D eigenvalue weighted by Crippen LogP contribution is -2.31. The summed E-state index contributed by atoms with van der Waals surface area (Å²) in [7, 11) is 0. The number of benzene rings is 2. The van der Waals surface area contributed by atoms with E-state index in [-0.39, 0.29) is 12.5 Å². The molecule has 1 atom stereocenters. The summed E-state index contributed by atoms with van der Waals surface area (Å²) < 4.78 is 5.30. The molecular weight excluding hydrogens is 304 g/mol. The van der Waals surface area contributed by atoms with E-state index in [2.05, 4.69) is 4.98 Å². The predicted molar refractivity (Wildman–Crippen MR) is 89.3 cm³/mol. The van der Waals surface area contributed by atoms with Crippen molar-refractivity contribution in [2.45, 2.75) is 19.1 Å². The molecule has 1 saturated heterocycles. The van der Waals surface area contributed by atoms with Crippen LogP contribution in [0.2, 0.25) is 0 Å². The Bertz CT molecular complexity index is 901. The van der Waals surface area contributed by atoms with Crippen LogP contribution in [0.25, 0.3) is 10.9 Å². The number of nitrogens with zero attached hydrogens (tertiary/aromatic N) is 1. The summed E-state index contributed by atoms with van der Waals surface area (Å²) in [6.45, 7) is 0.239. The van der Waals surface area contributed by atoms with Crippen LogP contribution in [-0.4, -0.2) is 28.0 Å². The minimum atomic E-state index is -0.764. The molecule has 1 aliphatic heterocycles. The fourth-order valence-corrected chi connectivity index (χ4v) is 3.04. The second kappa shape index (κ2) is 5.85. The Hall–Kier alpha value is -3.08. The standard InChI is InChI=1S/C19H16N2O3/c22-18-17(10-14-11-20-16-9-5-4-8-15(14)16)24-19(23)21(18)12-13-6-2-1-3-7-13/h1-9,11,17,20H,10,12H2/t17-/m0/s1. The van der Waals surface area contributed by atoms with Gasteiger partial charge in [0.2, 0.25) is 0 Å². The maximum atomic E-state index is 12.6. The first-order chi connectivity index (χ1) is 11.7. The molecule has 1 aliphatic rings. The SMILES string of the molecule is O=C1O[C@@H](Cc2c[nH]c3ccccc23)C(=O)N1Cc1ccccc1. The highest BCUT2D eigenvalue weighted by molar-refractivity contribution is 6.00. The molecule has 0 unspecified atom stereocenters. The monoisotopic (exact) mass is 320 g/mol. The maximum Gasteiger partial charge on any atom is 0.417 e. The molecule has 5 nitrogen and oxygen atoms in total. The van der Waals surface area contributed by atoms with Crippen LogP contribution in [0.15, 0.2) is 60.8 Å². The van der Waals surface area contributed by atoms with Crippen LogP contribution in [-0.2, 0) is 22.5 Å². The van der Waals surface area contributed by atoms with Crippen molar-refractivity contribution >= 4 is 22.9 Å². The van der Waals surface area contributed by atoms with E-state index in [4.69, 9.17) is 4.74 Å². The fourth-order valence-electron chi connectivity index (χ4n) is 3.04. The third-order valence-electron chi connectivity index (χ3n) is 4.27. The van der Waals surface area contributed by atoms with Crippen molar-refractivity contribution in [3.63, 3.8) is 0 Å². The average molecular weight is 320 g/mol. The van der Waals surface area contributed by atoms with Gasteiger partial charge in [0.05, 0.1) is 6.54 Å². The van der Waals surface area contributed by atoms with Gasteiger partial charge in [-0.25, -0.2) is 9.69 Å². The van der Waals surface area contributed by atoms with Crippen LogP contribution >= 0.6 is 0 Å². The van der Waals surface area contributed by atoms with Crippen LogP contribution in [0, 0.1) is 0 Å². The maximum absolute atomic E-state index is 12.6. The molecule has 2 heterocycles. The highest BCUT2D eigenvalue weighted by Gasteiger charge is 2.40. The van der Waals surface area contributed by atoms with Crippen molar-refractivity contribution in [2.24, 2.45) is 0 Å². The third-order valence-corrected chi connectivity index (χ3v) is 4.27.